The van der Waals surface area contributed by atoms with Crippen molar-refractivity contribution in [1.29, 1.82) is 0 Å². The first-order valence-corrected chi connectivity index (χ1v) is 7.17. The summed E-state index contributed by atoms with van der Waals surface area (Å²) in [6.45, 7) is 3.94. The first kappa shape index (κ1) is 13.5. The molecule has 108 valence electrons. The van der Waals surface area contributed by atoms with Crippen molar-refractivity contribution in [1.82, 2.24) is 19.5 Å². The van der Waals surface area contributed by atoms with Gasteiger partial charge in [0.05, 0.1) is 17.9 Å². The van der Waals surface area contributed by atoms with E-state index in [0.717, 1.165) is 24.1 Å². The molecule has 2 aromatic heterocycles. The minimum atomic E-state index is -0.171. The molecule has 0 aromatic carbocycles. The van der Waals surface area contributed by atoms with Crippen LogP contribution in [0.25, 0.3) is 17.4 Å². The Morgan fingerprint density at radius 3 is 3.00 bits per heavy atom. The maximum Gasteiger partial charge on any atom is 0.329 e. The Hall–Kier alpha value is -2.43. The maximum absolute atomic E-state index is 12.2. The minimum Gasteiger partial charge on any atom is -0.289 e. The summed E-state index contributed by atoms with van der Waals surface area (Å²) in [5.74, 6) is 0. The van der Waals surface area contributed by atoms with Crippen LogP contribution in [0.2, 0.25) is 0 Å². The fourth-order valence-electron chi connectivity index (χ4n) is 2.61. The highest BCUT2D eigenvalue weighted by molar-refractivity contribution is 5.67. The Morgan fingerprint density at radius 2 is 2.29 bits per heavy atom. The third-order valence-corrected chi connectivity index (χ3v) is 3.68. The smallest absolute Gasteiger partial charge is 0.289 e. The van der Waals surface area contributed by atoms with Crippen LogP contribution in [0.3, 0.4) is 0 Å². The molecule has 0 spiro atoms. The summed E-state index contributed by atoms with van der Waals surface area (Å²) < 4.78 is 1.68. The molecular weight excluding hydrogens is 264 g/mol. The molecule has 5 heteroatoms. The van der Waals surface area contributed by atoms with Crippen molar-refractivity contribution < 1.29 is 0 Å². The number of nitrogens with zero attached hydrogens (tertiary/aromatic N) is 3. The van der Waals surface area contributed by atoms with Crippen molar-refractivity contribution in [2.45, 2.75) is 32.7 Å². The summed E-state index contributed by atoms with van der Waals surface area (Å²) in [7, 11) is 0. The second-order valence-electron chi connectivity index (χ2n) is 5.13. The van der Waals surface area contributed by atoms with E-state index in [2.05, 4.69) is 33.2 Å². The second kappa shape index (κ2) is 5.52. The Bertz CT molecular complexity index is 807. The van der Waals surface area contributed by atoms with Crippen molar-refractivity contribution in [2.75, 3.05) is 0 Å². The van der Waals surface area contributed by atoms with E-state index >= 15 is 0 Å². The highest BCUT2D eigenvalue weighted by Gasteiger charge is 2.18. The van der Waals surface area contributed by atoms with E-state index in [0.29, 0.717) is 11.3 Å². The quantitative estimate of drug-likeness (QED) is 0.941. The van der Waals surface area contributed by atoms with E-state index in [1.807, 2.05) is 26.0 Å². The molecule has 0 amide bonds. The van der Waals surface area contributed by atoms with Gasteiger partial charge in [0.25, 0.3) is 0 Å². The molecule has 0 saturated carbocycles. The van der Waals surface area contributed by atoms with Crippen LogP contribution in [-0.4, -0.2) is 19.5 Å². The van der Waals surface area contributed by atoms with Crippen LogP contribution in [0.1, 0.15) is 38.4 Å². The molecule has 1 aliphatic carbocycles. The van der Waals surface area contributed by atoms with Gasteiger partial charge in [-0.1, -0.05) is 24.3 Å². The Labute approximate surface area is 122 Å². The minimum absolute atomic E-state index is 0.0574. The van der Waals surface area contributed by atoms with Gasteiger partial charge in [-0.15, -0.1) is 0 Å². The van der Waals surface area contributed by atoms with E-state index in [1.165, 1.54) is 0 Å². The highest BCUT2D eigenvalue weighted by atomic mass is 16.1. The summed E-state index contributed by atoms with van der Waals surface area (Å²) in [4.78, 5) is 23.8. The molecule has 0 aliphatic heterocycles. The van der Waals surface area contributed by atoms with E-state index in [-0.39, 0.29) is 11.7 Å². The monoisotopic (exact) mass is 282 g/mol. The number of hydrogen-bond acceptors (Lipinski definition) is 3. The van der Waals surface area contributed by atoms with Gasteiger partial charge in [-0.2, -0.15) is 0 Å². The third-order valence-electron chi connectivity index (χ3n) is 3.68. The van der Waals surface area contributed by atoms with E-state index in [9.17, 15) is 4.79 Å². The zero-order chi connectivity index (χ0) is 14.8. The van der Waals surface area contributed by atoms with E-state index in [1.54, 1.807) is 10.8 Å². The van der Waals surface area contributed by atoms with Gasteiger partial charge in [0.2, 0.25) is 0 Å². The number of H-pyrrole nitrogens is 1. The summed E-state index contributed by atoms with van der Waals surface area (Å²) in [6.07, 6.45) is 13.9. The average Bonchev–Trinajstić information content (AvgIpc) is 2.83. The summed E-state index contributed by atoms with van der Waals surface area (Å²) in [6, 6.07) is -0.0574. The molecule has 0 radical (unpaired) electrons. The van der Waals surface area contributed by atoms with Gasteiger partial charge in [0.1, 0.15) is 0 Å². The molecule has 0 saturated heterocycles. The van der Waals surface area contributed by atoms with Gasteiger partial charge >= 0.3 is 5.69 Å². The molecule has 1 aliphatic rings. The van der Waals surface area contributed by atoms with Gasteiger partial charge in [-0.05, 0) is 38.3 Å². The molecule has 1 atom stereocenters. The molecule has 21 heavy (non-hydrogen) atoms. The van der Waals surface area contributed by atoms with Crippen LogP contribution < -0.4 is 5.69 Å². The van der Waals surface area contributed by atoms with Gasteiger partial charge in [0, 0.05) is 0 Å². The lowest BCUT2D eigenvalue weighted by Gasteiger charge is -2.16. The number of rotatable bonds is 3. The van der Waals surface area contributed by atoms with Crippen molar-refractivity contribution in [3.05, 3.63) is 52.3 Å². The number of allylic oxidation sites excluding steroid dienone is 5. The van der Waals surface area contributed by atoms with Gasteiger partial charge in [-0.25, -0.2) is 14.8 Å². The number of nitrogens with one attached hydrogen (secondary N) is 1. The van der Waals surface area contributed by atoms with Crippen LogP contribution in [-0.2, 0) is 0 Å². The van der Waals surface area contributed by atoms with Crippen LogP contribution in [0.5, 0.6) is 0 Å². The fraction of sp³-hybridized carbons (Fsp3) is 0.312. The first-order chi connectivity index (χ1) is 10.2. The molecule has 0 fully saturated rings. The van der Waals surface area contributed by atoms with Crippen LogP contribution in [0, 0.1) is 0 Å². The Morgan fingerprint density at radius 1 is 1.43 bits per heavy atom. The number of imidazole rings is 1. The molecule has 0 bridgehead atoms. The molecule has 5 nitrogen and oxygen atoms in total. The molecule has 2 heterocycles. The topological polar surface area (TPSA) is 63.6 Å². The largest absolute Gasteiger partial charge is 0.329 e. The highest BCUT2D eigenvalue weighted by Crippen LogP contribution is 2.23. The van der Waals surface area contributed by atoms with Gasteiger partial charge in [0.15, 0.2) is 11.3 Å². The number of fused-ring (bicyclic) bond motifs is 1. The fourth-order valence-corrected chi connectivity index (χ4v) is 2.61. The standard InChI is InChI=1S/C16H18N4O/c1-3-7-13-10-17-14-15(18-13)20(16(21)19-14)11(2)12-8-5-4-6-9-12/h3,5,7-11H,4,6H2,1-2H3,(H,17,19,21)/b7-3+/t11-/m0/s1. The van der Waals surface area contributed by atoms with Gasteiger partial charge < -0.3 is 0 Å². The first-order valence-electron chi connectivity index (χ1n) is 7.17. The SMILES string of the molecule is C/C=C/c1cnc2[nH]c(=O)n([C@@H](C)C3=CCCC=C3)c2n1. The molecule has 1 N–H and O–H groups in total. The molecular formula is C16H18N4O. The van der Waals surface area contributed by atoms with Gasteiger partial charge in [-0.3, -0.25) is 9.55 Å². The predicted octanol–water partition coefficient (Wildman–Crippen LogP) is 2.99. The summed E-state index contributed by atoms with van der Waals surface area (Å²) in [5.41, 5.74) is 2.85. The second-order valence-corrected chi connectivity index (χ2v) is 5.13. The third kappa shape index (κ3) is 2.46. The number of aromatic nitrogens is 4. The van der Waals surface area contributed by atoms with Crippen LogP contribution >= 0.6 is 0 Å². The van der Waals surface area contributed by atoms with Crippen molar-refractivity contribution in [2.24, 2.45) is 0 Å². The zero-order valence-corrected chi connectivity index (χ0v) is 12.2. The average molecular weight is 282 g/mol. The lowest BCUT2D eigenvalue weighted by Crippen LogP contribution is -2.22. The number of aromatic amines is 1. The van der Waals surface area contributed by atoms with Crippen molar-refractivity contribution in [3.8, 4) is 0 Å². The Balaban J connectivity index is 2.14. The van der Waals surface area contributed by atoms with E-state index < -0.39 is 0 Å². The number of hydrogen-bond donors (Lipinski definition) is 1. The predicted molar refractivity (Wildman–Crippen MR) is 84.0 cm³/mol. The van der Waals surface area contributed by atoms with Crippen LogP contribution in [0.4, 0.5) is 0 Å². The molecule has 0 unspecified atom stereocenters. The van der Waals surface area contributed by atoms with Crippen LogP contribution in [0.15, 0.2) is 40.9 Å². The lowest BCUT2D eigenvalue weighted by molar-refractivity contribution is 0.623. The van der Waals surface area contributed by atoms with Crippen molar-refractivity contribution >= 4 is 17.4 Å². The maximum atomic E-state index is 12.2. The summed E-state index contributed by atoms with van der Waals surface area (Å²) in [5, 5.41) is 0. The lowest BCUT2D eigenvalue weighted by atomic mass is 10.0. The van der Waals surface area contributed by atoms with Crippen molar-refractivity contribution in [3.63, 3.8) is 0 Å². The molecule has 3 rings (SSSR count). The zero-order valence-electron chi connectivity index (χ0n) is 12.2. The Kier molecular flexibility index (Phi) is 3.56. The molecule has 2 aromatic rings. The van der Waals surface area contributed by atoms with E-state index in [4.69, 9.17) is 0 Å². The normalized spacial score (nSPS) is 16.6. The summed E-state index contributed by atoms with van der Waals surface area (Å²) >= 11 is 0.